The van der Waals surface area contributed by atoms with Crippen LogP contribution in [0.4, 0.5) is 0 Å². The number of thioether (sulfide) groups is 2. The van der Waals surface area contributed by atoms with E-state index < -0.39 is 0 Å². The molecule has 0 aliphatic carbocycles. The van der Waals surface area contributed by atoms with Gasteiger partial charge in [0.1, 0.15) is 0 Å². The van der Waals surface area contributed by atoms with Crippen LogP contribution in [0.1, 0.15) is 17.0 Å². The molecule has 0 aliphatic rings. The molecule has 0 atom stereocenters. The van der Waals surface area contributed by atoms with E-state index in [1.807, 2.05) is 30.5 Å². The van der Waals surface area contributed by atoms with Gasteiger partial charge in [-0.2, -0.15) is 17.0 Å². The zero-order valence-electron chi connectivity index (χ0n) is 9.79. The van der Waals surface area contributed by atoms with Crippen molar-refractivity contribution in [1.82, 2.24) is 10.2 Å². The van der Waals surface area contributed by atoms with Crippen LogP contribution in [-0.2, 0) is 11.5 Å². The van der Waals surface area contributed by atoms with Crippen molar-refractivity contribution in [2.24, 2.45) is 0 Å². The third-order valence-corrected chi connectivity index (χ3v) is 3.59. The fraction of sp³-hybridized carbons (Fsp3) is 0.250. The predicted molar refractivity (Wildman–Crippen MR) is 72.2 cm³/mol. The van der Waals surface area contributed by atoms with Crippen molar-refractivity contribution < 1.29 is 4.42 Å². The van der Waals surface area contributed by atoms with Crippen LogP contribution >= 0.6 is 23.5 Å². The smallest absolute Gasteiger partial charge is 0.276 e. The van der Waals surface area contributed by atoms with E-state index in [0.717, 1.165) is 17.1 Å². The number of aromatic nitrogens is 2. The Morgan fingerprint density at radius 1 is 1.22 bits per heavy atom. The molecule has 1 aromatic heterocycles. The highest BCUT2D eigenvalue weighted by Gasteiger charge is 2.06. The lowest BCUT2D eigenvalue weighted by Crippen LogP contribution is -1.81. The van der Waals surface area contributed by atoms with Crippen LogP contribution in [0, 0.1) is 11.3 Å². The van der Waals surface area contributed by atoms with Crippen molar-refractivity contribution in [1.29, 1.82) is 5.26 Å². The molecule has 2 aromatic rings. The Hall–Kier alpha value is -1.45. The van der Waals surface area contributed by atoms with Gasteiger partial charge in [-0.15, -0.1) is 10.2 Å². The Bertz CT molecular complexity index is 545. The van der Waals surface area contributed by atoms with Gasteiger partial charge >= 0.3 is 0 Å². The topological polar surface area (TPSA) is 62.7 Å². The molecule has 0 unspecified atom stereocenters. The number of nitrogens with zero attached hydrogens (tertiary/aromatic N) is 3. The average molecular weight is 277 g/mol. The highest BCUT2D eigenvalue weighted by molar-refractivity contribution is 7.98. The summed E-state index contributed by atoms with van der Waals surface area (Å²) in [5.74, 6) is 2.15. The zero-order chi connectivity index (χ0) is 12.8. The van der Waals surface area contributed by atoms with Crippen LogP contribution in [0.2, 0.25) is 0 Å². The number of nitriles is 1. The third kappa shape index (κ3) is 3.52. The van der Waals surface area contributed by atoms with E-state index in [1.54, 1.807) is 11.8 Å². The van der Waals surface area contributed by atoms with Gasteiger partial charge in [-0.3, -0.25) is 0 Å². The molecule has 18 heavy (non-hydrogen) atoms. The Kier molecular flexibility index (Phi) is 4.67. The summed E-state index contributed by atoms with van der Waals surface area (Å²) in [6, 6.07) is 9.58. The minimum atomic E-state index is 0.586. The van der Waals surface area contributed by atoms with Crippen molar-refractivity contribution in [2.75, 3.05) is 6.26 Å². The lowest BCUT2D eigenvalue weighted by molar-refractivity contribution is 0.426. The molecule has 0 saturated heterocycles. The van der Waals surface area contributed by atoms with Crippen molar-refractivity contribution in [3.63, 3.8) is 0 Å². The largest absolute Gasteiger partial charge is 0.415 e. The summed E-state index contributed by atoms with van der Waals surface area (Å²) in [4.78, 5) is 0. The molecule has 0 amide bonds. The monoisotopic (exact) mass is 277 g/mol. The molecule has 1 heterocycles. The van der Waals surface area contributed by atoms with Gasteiger partial charge in [0.15, 0.2) is 0 Å². The molecule has 4 nitrogen and oxygen atoms in total. The first kappa shape index (κ1) is 13.0. The molecular weight excluding hydrogens is 266 g/mol. The number of rotatable bonds is 5. The van der Waals surface area contributed by atoms with Crippen LogP contribution in [-0.4, -0.2) is 16.5 Å². The van der Waals surface area contributed by atoms with Crippen molar-refractivity contribution in [3.05, 3.63) is 41.3 Å². The predicted octanol–water partition coefficient (Wildman–Crippen LogP) is 3.10. The highest BCUT2D eigenvalue weighted by atomic mass is 32.2. The molecule has 0 fully saturated rings. The maximum absolute atomic E-state index is 8.70. The number of benzene rings is 1. The van der Waals surface area contributed by atoms with Gasteiger partial charge in [0.25, 0.3) is 5.22 Å². The Labute approximate surface area is 114 Å². The standard InChI is InChI=1S/C12H11N3OS2/c1-17-8-11-14-15-12(16-11)18-7-10-4-2-9(6-13)3-5-10/h2-5H,7-8H2,1H3. The number of hydrogen-bond acceptors (Lipinski definition) is 6. The highest BCUT2D eigenvalue weighted by Crippen LogP contribution is 2.22. The molecule has 0 N–H and O–H groups in total. The van der Waals surface area contributed by atoms with Crippen LogP contribution in [0.3, 0.4) is 0 Å². The fourth-order valence-electron chi connectivity index (χ4n) is 1.30. The second kappa shape index (κ2) is 6.47. The minimum Gasteiger partial charge on any atom is -0.415 e. The van der Waals surface area contributed by atoms with E-state index in [2.05, 4.69) is 16.3 Å². The summed E-state index contributed by atoms with van der Waals surface area (Å²) >= 11 is 3.15. The lowest BCUT2D eigenvalue weighted by atomic mass is 10.2. The van der Waals surface area contributed by atoms with Gasteiger partial charge in [-0.1, -0.05) is 23.9 Å². The van der Waals surface area contributed by atoms with Crippen molar-refractivity contribution in [2.45, 2.75) is 16.7 Å². The normalized spacial score (nSPS) is 10.2. The van der Waals surface area contributed by atoms with E-state index in [4.69, 9.17) is 9.68 Å². The van der Waals surface area contributed by atoms with Crippen LogP contribution in [0.5, 0.6) is 0 Å². The summed E-state index contributed by atoms with van der Waals surface area (Å²) in [6.07, 6.45) is 1.99. The van der Waals surface area contributed by atoms with Gasteiger partial charge in [0, 0.05) is 5.75 Å². The molecule has 0 bridgehead atoms. The first-order valence-corrected chi connectivity index (χ1v) is 7.63. The maximum Gasteiger partial charge on any atom is 0.276 e. The molecule has 1 aromatic carbocycles. The Morgan fingerprint density at radius 2 is 2.00 bits per heavy atom. The third-order valence-electron chi connectivity index (χ3n) is 2.16. The first-order valence-electron chi connectivity index (χ1n) is 5.25. The van der Waals surface area contributed by atoms with E-state index in [1.165, 1.54) is 11.8 Å². The summed E-state index contributed by atoms with van der Waals surface area (Å²) in [5.41, 5.74) is 1.80. The molecule has 92 valence electrons. The van der Waals surface area contributed by atoms with Gasteiger partial charge in [0.05, 0.1) is 17.4 Å². The lowest BCUT2D eigenvalue weighted by Gasteiger charge is -1.97. The second-order valence-corrected chi connectivity index (χ2v) is 5.28. The summed E-state index contributed by atoms with van der Waals surface area (Å²) in [5, 5.41) is 17.2. The second-order valence-electron chi connectivity index (χ2n) is 3.49. The molecule has 0 saturated carbocycles. The van der Waals surface area contributed by atoms with Gasteiger partial charge < -0.3 is 4.42 Å². The molecule has 2 rings (SSSR count). The average Bonchev–Trinajstić information content (AvgIpc) is 2.85. The maximum atomic E-state index is 8.70. The SMILES string of the molecule is CSCc1nnc(SCc2ccc(C#N)cc2)o1. The van der Waals surface area contributed by atoms with Gasteiger partial charge in [0.2, 0.25) is 5.89 Å². The van der Waals surface area contributed by atoms with Crippen molar-refractivity contribution >= 4 is 23.5 Å². The van der Waals surface area contributed by atoms with Gasteiger partial charge in [-0.25, -0.2) is 0 Å². The van der Waals surface area contributed by atoms with E-state index in [9.17, 15) is 0 Å². The van der Waals surface area contributed by atoms with Crippen LogP contribution in [0.25, 0.3) is 0 Å². The van der Waals surface area contributed by atoms with Crippen LogP contribution < -0.4 is 0 Å². The summed E-state index contributed by atoms with van der Waals surface area (Å²) < 4.78 is 5.46. The molecule has 0 spiro atoms. The Morgan fingerprint density at radius 3 is 2.67 bits per heavy atom. The molecular formula is C12H11N3OS2. The molecule has 0 aliphatic heterocycles. The quantitative estimate of drug-likeness (QED) is 0.783. The van der Waals surface area contributed by atoms with E-state index in [0.29, 0.717) is 16.7 Å². The van der Waals surface area contributed by atoms with E-state index in [-0.39, 0.29) is 0 Å². The zero-order valence-corrected chi connectivity index (χ0v) is 11.4. The van der Waals surface area contributed by atoms with Crippen LogP contribution in [0.15, 0.2) is 33.9 Å². The summed E-state index contributed by atoms with van der Waals surface area (Å²) in [6.45, 7) is 0. The Balaban J connectivity index is 1.91. The first-order chi connectivity index (χ1) is 8.81. The summed E-state index contributed by atoms with van der Waals surface area (Å²) in [7, 11) is 0. The number of hydrogen-bond donors (Lipinski definition) is 0. The minimum absolute atomic E-state index is 0.586. The molecule has 6 heteroatoms. The fourth-order valence-corrected chi connectivity index (χ4v) is 2.40. The molecule has 0 radical (unpaired) electrons. The van der Waals surface area contributed by atoms with Gasteiger partial charge in [-0.05, 0) is 24.0 Å². The van der Waals surface area contributed by atoms with E-state index >= 15 is 0 Å². The van der Waals surface area contributed by atoms with Crippen molar-refractivity contribution in [3.8, 4) is 6.07 Å².